The van der Waals surface area contributed by atoms with Crippen molar-refractivity contribution in [1.29, 1.82) is 0 Å². The van der Waals surface area contributed by atoms with Gasteiger partial charge in [-0.25, -0.2) is 0 Å². The topological polar surface area (TPSA) is 47.3 Å². The Balaban J connectivity index is 2.03. The number of ether oxygens (including phenoxy) is 1. The number of nitrogens with one attached hydrogen (secondary N) is 1. The Kier molecular flexibility index (Phi) is 5.26. The number of rotatable bonds is 6. The smallest absolute Gasteiger partial charge is 0.399 e. The van der Waals surface area contributed by atoms with Crippen LogP contribution >= 0.6 is 11.6 Å². The summed E-state index contributed by atoms with van der Waals surface area (Å²) in [4.78, 5) is 4.32. The van der Waals surface area contributed by atoms with E-state index in [4.69, 9.17) is 20.8 Å². The van der Waals surface area contributed by atoms with Crippen molar-refractivity contribution in [3.8, 4) is 11.8 Å². The molecule has 0 amide bonds. The third kappa shape index (κ3) is 4.48. The summed E-state index contributed by atoms with van der Waals surface area (Å²) in [5, 5.41) is 4.01. The fourth-order valence-corrected chi connectivity index (χ4v) is 2.38. The monoisotopic (exact) mass is 308 g/mol. The van der Waals surface area contributed by atoms with Crippen molar-refractivity contribution >= 4 is 11.6 Å². The van der Waals surface area contributed by atoms with Crippen LogP contribution in [0.4, 0.5) is 0 Å². The van der Waals surface area contributed by atoms with Gasteiger partial charge in [0.1, 0.15) is 12.0 Å². The normalized spacial score (nSPS) is 11.1. The van der Waals surface area contributed by atoms with E-state index < -0.39 is 0 Å². The van der Waals surface area contributed by atoms with Crippen LogP contribution in [0.15, 0.2) is 22.8 Å². The van der Waals surface area contributed by atoms with E-state index in [1.54, 1.807) is 6.26 Å². The molecule has 0 saturated heterocycles. The summed E-state index contributed by atoms with van der Waals surface area (Å²) in [6, 6.07) is 3.72. The van der Waals surface area contributed by atoms with Gasteiger partial charge >= 0.3 is 6.08 Å². The molecule has 2 rings (SSSR count). The van der Waals surface area contributed by atoms with Gasteiger partial charge in [-0.2, -0.15) is 4.98 Å². The van der Waals surface area contributed by atoms with Crippen molar-refractivity contribution in [3.05, 3.63) is 40.2 Å². The Morgan fingerprint density at radius 1 is 1.29 bits per heavy atom. The molecular formula is C16H21ClN2O2. The van der Waals surface area contributed by atoms with Gasteiger partial charge in [0.25, 0.3) is 0 Å². The Morgan fingerprint density at radius 2 is 1.95 bits per heavy atom. The number of halogens is 1. The second-order valence-electron chi connectivity index (χ2n) is 5.60. The molecular weight excluding hydrogens is 288 g/mol. The number of aryl methyl sites for hydroxylation is 2. The predicted molar refractivity (Wildman–Crippen MR) is 84.0 cm³/mol. The summed E-state index contributed by atoms with van der Waals surface area (Å²) < 4.78 is 11.1. The van der Waals surface area contributed by atoms with Crippen molar-refractivity contribution in [2.24, 2.45) is 5.92 Å². The maximum Gasteiger partial charge on any atom is 0.399 e. The number of hydrogen-bond donors (Lipinski definition) is 1. The third-order valence-corrected chi connectivity index (χ3v) is 3.22. The minimum absolute atomic E-state index is 0.255. The van der Waals surface area contributed by atoms with Gasteiger partial charge in [0, 0.05) is 11.6 Å². The zero-order chi connectivity index (χ0) is 15.4. The molecule has 0 radical (unpaired) electrons. The molecule has 1 aromatic carbocycles. The molecule has 0 aliphatic carbocycles. The van der Waals surface area contributed by atoms with Crippen LogP contribution in [-0.4, -0.2) is 11.5 Å². The second-order valence-corrected chi connectivity index (χ2v) is 6.04. The first-order valence-electron chi connectivity index (χ1n) is 7.05. The molecule has 0 aliphatic heterocycles. The lowest BCUT2D eigenvalue weighted by Crippen LogP contribution is -2.19. The van der Waals surface area contributed by atoms with E-state index in [0.29, 0.717) is 17.5 Å². The van der Waals surface area contributed by atoms with Crippen LogP contribution in [0, 0.1) is 19.8 Å². The Labute approximate surface area is 130 Å². The van der Waals surface area contributed by atoms with Crippen molar-refractivity contribution in [2.45, 2.75) is 34.2 Å². The van der Waals surface area contributed by atoms with Gasteiger partial charge < -0.3 is 14.5 Å². The van der Waals surface area contributed by atoms with E-state index in [-0.39, 0.29) is 6.08 Å². The average Bonchev–Trinajstić information content (AvgIpc) is 2.81. The largest absolute Gasteiger partial charge is 0.417 e. The molecule has 114 valence electrons. The first kappa shape index (κ1) is 15.9. The molecule has 0 spiro atoms. The molecule has 21 heavy (non-hydrogen) atoms. The standard InChI is InChI=1S/C16H21ClN2O2/c1-10(2)7-18-8-14-9-20-16(19-14)21-15-11(3)5-13(17)6-12(15)4/h5-6,9-10,18H,7-8H2,1-4H3. The fraction of sp³-hybridized carbons (Fsp3) is 0.438. The van der Waals surface area contributed by atoms with Crippen molar-refractivity contribution < 1.29 is 9.15 Å². The first-order valence-corrected chi connectivity index (χ1v) is 7.43. The highest BCUT2D eigenvalue weighted by Gasteiger charge is 2.11. The van der Waals surface area contributed by atoms with E-state index in [1.165, 1.54) is 0 Å². The summed E-state index contributed by atoms with van der Waals surface area (Å²) in [5.74, 6) is 1.34. The summed E-state index contributed by atoms with van der Waals surface area (Å²) in [6.45, 7) is 9.83. The molecule has 1 aromatic heterocycles. The van der Waals surface area contributed by atoms with Crippen LogP contribution < -0.4 is 10.1 Å². The number of nitrogens with zero attached hydrogens (tertiary/aromatic N) is 1. The van der Waals surface area contributed by atoms with E-state index in [2.05, 4.69) is 24.1 Å². The molecule has 0 bridgehead atoms. The van der Waals surface area contributed by atoms with Crippen molar-refractivity contribution in [3.63, 3.8) is 0 Å². The lowest BCUT2D eigenvalue weighted by Gasteiger charge is -2.09. The zero-order valence-corrected chi connectivity index (χ0v) is 13.6. The van der Waals surface area contributed by atoms with Gasteiger partial charge in [0.2, 0.25) is 0 Å². The van der Waals surface area contributed by atoms with Gasteiger partial charge in [-0.3, -0.25) is 0 Å². The molecule has 5 heteroatoms. The molecule has 0 atom stereocenters. The van der Waals surface area contributed by atoms with Crippen LogP contribution in [0.5, 0.6) is 11.8 Å². The van der Waals surface area contributed by atoms with E-state index in [0.717, 1.165) is 29.1 Å². The highest BCUT2D eigenvalue weighted by atomic mass is 35.5. The van der Waals surface area contributed by atoms with Gasteiger partial charge in [0.15, 0.2) is 0 Å². The highest BCUT2D eigenvalue weighted by molar-refractivity contribution is 6.30. The quantitative estimate of drug-likeness (QED) is 0.854. The number of oxazole rings is 1. The summed E-state index contributed by atoms with van der Waals surface area (Å²) in [7, 11) is 0. The molecule has 0 unspecified atom stereocenters. The maximum absolute atomic E-state index is 6.01. The van der Waals surface area contributed by atoms with Gasteiger partial charge in [-0.1, -0.05) is 25.4 Å². The summed E-state index contributed by atoms with van der Waals surface area (Å²) in [5.41, 5.74) is 2.74. The second kappa shape index (κ2) is 6.96. The maximum atomic E-state index is 6.01. The Bertz CT molecular complexity index is 585. The van der Waals surface area contributed by atoms with E-state index >= 15 is 0 Å². The van der Waals surface area contributed by atoms with Gasteiger partial charge in [-0.15, -0.1) is 0 Å². The Hall–Kier alpha value is -1.52. The Morgan fingerprint density at radius 3 is 2.57 bits per heavy atom. The van der Waals surface area contributed by atoms with Crippen molar-refractivity contribution in [1.82, 2.24) is 10.3 Å². The van der Waals surface area contributed by atoms with Crippen molar-refractivity contribution in [2.75, 3.05) is 6.54 Å². The van der Waals surface area contributed by atoms with Crippen LogP contribution in [0.2, 0.25) is 5.02 Å². The predicted octanol–water partition coefficient (Wildman–Crippen LogP) is 4.48. The molecule has 0 fully saturated rings. The van der Waals surface area contributed by atoms with Crippen LogP contribution in [-0.2, 0) is 6.54 Å². The van der Waals surface area contributed by atoms with Crippen LogP contribution in [0.3, 0.4) is 0 Å². The molecule has 2 aromatic rings. The fourth-order valence-electron chi connectivity index (χ4n) is 2.05. The SMILES string of the molecule is Cc1cc(Cl)cc(C)c1Oc1nc(CNCC(C)C)co1. The number of hydrogen-bond acceptors (Lipinski definition) is 4. The molecule has 1 N–H and O–H groups in total. The summed E-state index contributed by atoms with van der Waals surface area (Å²) in [6.07, 6.45) is 1.87. The lowest BCUT2D eigenvalue weighted by molar-refractivity contribution is 0.327. The van der Waals surface area contributed by atoms with E-state index in [1.807, 2.05) is 26.0 Å². The molecule has 0 saturated carbocycles. The van der Waals surface area contributed by atoms with Crippen LogP contribution in [0.1, 0.15) is 30.7 Å². The van der Waals surface area contributed by atoms with E-state index in [9.17, 15) is 0 Å². The molecule has 4 nitrogen and oxygen atoms in total. The minimum atomic E-state index is 0.255. The number of aromatic nitrogens is 1. The molecule has 0 aliphatic rings. The lowest BCUT2D eigenvalue weighted by atomic mass is 10.1. The van der Waals surface area contributed by atoms with Crippen LogP contribution in [0.25, 0.3) is 0 Å². The third-order valence-electron chi connectivity index (χ3n) is 3.00. The summed E-state index contributed by atoms with van der Waals surface area (Å²) >= 11 is 6.01. The molecule has 1 heterocycles. The minimum Gasteiger partial charge on any atom is -0.417 e. The first-order chi connectivity index (χ1) is 9.95. The zero-order valence-electron chi connectivity index (χ0n) is 12.9. The van der Waals surface area contributed by atoms with Gasteiger partial charge in [0.05, 0.1) is 5.69 Å². The number of benzene rings is 1. The van der Waals surface area contributed by atoms with Gasteiger partial charge in [-0.05, 0) is 49.6 Å². The highest BCUT2D eigenvalue weighted by Crippen LogP contribution is 2.30. The average molecular weight is 309 g/mol.